The number of hydrogen-bond donors (Lipinski definition) is 1. The first-order chi connectivity index (χ1) is 12.2. The summed E-state index contributed by atoms with van der Waals surface area (Å²) in [6.45, 7) is 2.34. The smallest absolute Gasteiger partial charge is 0.289 e. The molecule has 6 nitrogen and oxygen atoms in total. The number of carbonyl (C=O) groups excluding carboxylic acids is 2. The number of amides is 2. The number of hydrogen-bond acceptors (Lipinski definition) is 4. The van der Waals surface area contributed by atoms with Crippen molar-refractivity contribution in [1.29, 1.82) is 0 Å². The molecule has 0 bridgehead atoms. The van der Waals surface area contributed by atoms with Crippen molar-refractivity contribution >= 4 is 11.8 Å². The lowest BCUT2D eigenvalue weighted by atomic mass is 9.95. The number of benzene rings is 1. The fourth-order valence-corrected chi connectivity index (χ4v) is 3.79. The van der Waals surface area contributed by atoms with E-state index in [4.69, 9.17) is 4.42 Å². The summed E-state index contributed by atoms with van der Waals surface area (Å²) < 4.78 is 5.21. The molecule has 1 aromatic carbocycles. The molecule has 4 rings (SSSR count). The molecule has 0 saturated carbocycles. The van der Waals surface area contributed by atoms with Gasteiger partial charge in [0.1, 0.15) is 0 Å². The highest BCUT2D eigenvalue weighted by atomic mass is 16.3. The van der Waals surface area contributed by atoms with Gasteiger partial charge in [0.05, 0.1) is 18.5 Å². The Morgan fingerprint density at radius 3 is 2.56 bits per heavy atom. The predicted molar refractivity (Wildman–Crippen MR) is 91.6 cm³/mol. The number of furan rings is 1. The second kappa shape index (κ2) is 6.37. The summed E-state index contributed by atoms with van der Waals surface area (Å²) in [7, 11) is 0. The lowest BCUT2D eigenvalue weighted by Gasteiger charge is -2.44. The van der Waals surface area contributed by atoms with E-state index in [1.807, 2.05) is 18.2 Å². The van der Waals surface area contributed by atoms with Crippen LogP contribution in [0, 0.1) is 0 Å². The van der Waals surface area contributed by atoms with E-state index in [1.165, 1.54) is 11.8 Å². The monoisotopic (exact) mass is 339 g/mol. The fourth-order valence-electron chi connectivity index (χ4n) is 3.79. The van der Waals surface area contributed by atoms with Crippen molar-refractivity contribution in [2.45, 2.75) is 25.0 Å². The summed E-state index contributed by atoms with van der Waals surface area (Å²) >= 11 is 0. The maximum Gasteiger partial charge on any atom is 0.289 e. The number of rotatable bonds is 3. The molecule has 25 heavy (non-hydrogen) atoms. The highest BCUT2D eigenvalue weighted by Gasteiger charge is 2.47. The van der Waals surface area contributed by atoms with E-state index in [9.17, 15) is 9.59 Å². The molecule has 2 aliphatic rings. The molecule has 0 unspecified atom stereocenters. The second-order valence-corrected chi connectivity index (χ2v) is 6.69. The van der Waals surface area contributed by atoms with Crippen LogP contribution in [-0.2, 0) is 11.3 Å². The molecule has 1 N–H and O–H groups in total. The van der Waals surface area contributed by atoms with Crippen LogP contribution in [-0.4, -0.2) is 46.9 Å². The molecule has 2 aromatic rings. The third kappa shape index (κ3) is 3.05. The van der Waals surface area contributed by atoms with Crippen LogP contribution in [0.5, 0.6) is 0 Å². The minimum absolute atomic E-state index is 0.0572. The number of piperidine rings is 1. The summed E-state index contributed by atoms with van der Waals surface area (Å²) in [5.41, 5.74) is 0.833. The highest BCUT2D eigenvalue weighted by molar-refractivity contribution is 5.91. The van der Waals surface area contributed by atoms with Crippen molar-refractivity contribution in [1.82, 2.24) is 15.1 Å². The molecule has 6 heteroatoms. The Kier molecular flexibility index (Phi) is 4.05. The Morgan fingerprint density at radius 1 is 1.12 bits per heavy atom. The molecular formula is C19H21N3O3. The topological polar surface area (TPSA) is 65.8 Å². The number of likely N-dealkylation sites (tertiary alicyclic amines) is 1. The minimum Gasteiger partial charge on any atom is -0.459 e. The van der Waals surface area contributed by atoms with Crippen LogP contribution in [0.3, 0.4) is 0 Å². The SMILES string of the molecule is O=C1CN(Cc2ccccc2)C2(CCN(C(=O)c3ccco3)CC2)N1. The molecule has 1 aromatic heterocycles. The number of nitrogens with one attached hydrogen (secondary N) is 1. The highest BCUT2D eigenvalue weighted by Crippen LogP contribution is 2.32. The van der Waals surface area contributed by atoms with Gasteiger partial charge in [0, 0.05) is 32.5 Å². The normalized spacial score (nSPS) is 20.0. The quantitative estimate of drug-likeness (QED) is 0.927. The van der Waals surface area contributed by atoms with Gasteiger partial charge in [-0.2, -0.15) is 0 Å². The van der Waals surface area contributed by atoms with E-state index < -0.39 is 0 Å². The molecular weight excluding hydrogens is 318 g/mol. The zero-order valence-corrected chi connectivity index (χ0v) is 14.0. The van der Waals surface area contributed by atoms with Gasteiger partial charge in [-0.25, -0.2) is 0 Å². The van der Waals surface area contributed by atoms with Crippen LogP contribution in [0.2, 0.25) is 0 Å². The maximum absolute atomic E-state index is 12.4. The zero-order chi connectivity index (χ0) is 17.3. The van der Waals surface area contributed by atoms with Gasteiger partial charge in [-0.1, -0.05) is 30.3 Å². The molecule has 1 spiro atoms. The molecule has 0 aliphatic carbocycles. The van der Waals surface area contributed by atoms with Crippen molar-refractivity contribution in [2.24, 2.45) is 0 Å². The zero-order valence-electron chi connectivity index (χ0n) is 14.0. The van der Waals surface area contributed by atoms with Crippen molar-refractivity contribution < 1.29 is 14.0 Å². The molecule has 0 atom stereocenters. The summed E-state index contributed by atoms with van der Waals surface area (Å²) in [6.07, 6.45) is 2.95. The standard InChI is InChI=1S/C19H21N3O3/c23-17-14-22(13-15-5-2-1-3-6-15)19(20-17)8-10-21(11-9-19)18(24)16-7-4-12-25-16/h1-7,12H,8-11,13-14H2,(H,20,23). The van der Waals surface area contributed by atoms with Crippen LogP contribution >= 0.6 is 0 Å². The van der Waals surface area contributed by atoms with Crippen LogP contribution in [0.25, 0.3) is 0 Å². The maximum atomic E-state index is 12.4. The van der Waals surface area contributed by atoms with Gasteiger partial charge in [0.15, 0.2) is 5.76 Å². The molecule has 130 valence electrons. The summed E-state index contributed by atoms with van der Waals surface area (Å²) in [6, 6.07) is 13.6. The van der Waals surface area contributed by atoms with Gasteiger partial charge < -0.3 is 14.6 Å². The van der Waals surface area contributed by atoms with Gasteiger partial charge in [0.2, 0.25) is 5.91 Å². The third-order valence-electron chi connectivity index (χ3n) is 5.14. The Morgan fingerprint density at radius 2 is 1.88 bits per heavy atom. The van der Waals surface area contributed by atoms with Gasteiger partial charge in [-0.3, -0.25) is 14.5 Å². The summed E-state index contributed by atoms with van der Waals surface area (Å²) in [5, 5.41) is 3.16. The predicted octanol–water partition coefficient (Wildman–Crippen LogP) is 1.84. The molecule has 2 aliphatic heterocycles. The lowest BCUT2D eigenvalue weighted by Crippen LogP contribution is -2.58. The summed E-state index contributed by atoms with van der Waals surface area (Å²) in [4.78, 5) is 28.5. The van der Waals surface area contributed by atoms with E-state index >= 15 is 0 Å². The Balaban J connectivity index is 1.46. The molecule has 3 heterocycles. The molecule has 2 amide bonds. The average Bonchev–Trinajstić information content (AvgIpc) is 3.25. The summed E-state index contributed by atoms with van der Waals surface area (Å²) in [5.74, 6) is 0.341. The first kappa shape index (κ1) is 15.9. The molecule has 2 fully saturated rings. The van der Waals surface area contributed by atoms with E-state index in [2.05, 4.69) is 22.3 Å². The van der Waals surface area contributed by atoms with Gasteiger partial charge in [-0.15, -0.1) is 0 Å². The fraction of sp³-hybridized carbons (Fsp3) is 0.368. The van der Waals surface area contributed by atoms with E-state index in [0.717, 1.165) is 19.4 Å². The minimum atomic E-state index is -0.354. The second-order valence-electron chi connectivity index (χ2n) is 6.69. The van der Waals surface area contributed by atoms with Gasteiger partial charge >= 0.3 is 0 Å². The molecule has 0 radical (unpaired) electrons. The largest absolute Gasteiger partial charge is 0.459 e. The van der Waals surface area contributed by atoms with E-state index in [1.54, 1.807) is 17.0 Å². The lowest BCUT2D eigenvalue weighted by molar-refractivity contribution is -0.119. The van der Waals surface area contributed by atoms with Crippen LogP contribution in [0.4, 0.5) is 0 Å². The Bertz CT molecular complexity index is 749. The van der Waals surface area contributed by atoms with E-state index in [-0.39, 0.29) is 17.5 Å². The average molecular weight is 339 g/mol. The van der Waals surface area contributed by atoms with Crippen molar-refractivity contribution in [2.75, 3.05) is 19.6 Å². The third-order valence-corrected chi connectivity index (χ3v) is 5.14. The van der Waals surface area contributed by atoms with Crippen LogP contribution in [0.15, 0.2) is 53.1 Å². The van der Waals surface area contributed by atoms with Crippen LogP contribution < -0.4 is 5.32 Å². The van der Waals surface area contributed by atoms with Gasteiger partial charge in [0.25, 0.3) is 5.91 Å². The number of nitrogens with zero attached hydrogens (tertiary/aromatic N) is 2. The van der Waals surface area contributed by atoms with Crippen molar-refractivity contribution in [3.63, 3.8) is 0 Å². The van der Waals surface area contributed by atoms with Crippen molar-refractivity contribution in [3.05, 3.63) is 60.1 Å². The van der Waals surface area contributed by atoms with Crippen molar-refractivity contribution in [3.8, 4) is 0 Å². The number of carbonyl (C=O) groups is 2. The first-order valence-electron chi connectivity index (χ1n) is 8.59. The van der Waals surface area contributed by atoms with E-state index in [0.29, 0.717) is 25.4 Å². The Labute approximate surface area is 146 Å². The Hall–Kier alpha value is -2.60. The van der Waals surface area contributed by atoms with Crippen LogP contribution in [0.1, 0.15) is 29.0 Å². The first-order valence-corrected chi connectivity index (χ1v) is 8.59. The molecule has 2 saturated heterocycles. The van der Waals surface area contributed by atoms with Gasteiger partial charge in [-0.05, 0) is 17.7 Å².